The number of phenolic OH excluding ortho intramolecular Hbond substituents is 2. The molecule has 0 amide bonds. The smallest absolute Gasteiger partial charge is 0.160 e. The van der Waals surface area contributed by atoms with Crippen LogP contribution in [-0.4, -0.2) is 10.2 Å². The number of phenols is 2. The lowest BCUT2D eigenvalue weighted by molar-refractivity contribution is 0.398. The van der Waals surface area contributed by atoms with Crippen LogP contribution in [0.15, 0.2) is 48.5 Å². The Morgan fingerprint density at radius 2 is 1.00 bits per heavy atom. The monoisotopic (exact) mass is 368 g/mol. The summed E-state index contributed by atoms with van der Waals surface area (Å²) in [6.07, 6.45) is 16.5. The fraction of sp³-hybridized carbons (Fsp3) is 0.520. The summed E-state index contributed by atoms with van der Waals surface area (Å²) >= 11 is 0. The summed E-state index contributed by atoms with van der Waals surface area (Å²) in [5.74, 6) is 0.0498. The van der Waals surface area contributed by atoms with Gasteiger partial charge in [0.2, 0.25) is 0 Å². The molecule has 148 valence electrons. The molecule has 2 aromatic carbocycles. The molecule has 2 aromatic rings. The zero-order valence-corrected chi connectivity index (χ0v) is 16.7. The maximum absolute atomic E-state index is 9.78. The third-order valence-electron chi connectivity index (χ3n) is 5.35. The standard InChI is InChI=1S/C25H36O2/c26-24-21-15-20-23(25(24)27)19-14-9-7-5-3-1-2-4-6-8-11-16-22-17-12-10-13-18-22/h10,12-13,15,17-18,20-21,26-27H,1-9,11,14,16,19H2. The van der Waals surface area contributed by atoms with Gasteiger partial charge in [-0.15, -0.1) is 0 Å². The van der Waals surface area contributed by atoms with Crippen LogP contribution in [-0.2, 0) is 12.8 Å². The zero-order valence-electron chi connectivity index (χ0n) is 16.7. The number of aryl methyl sites for hydroxylation is 2. The molecule has 2 heteroatoms. The second kappa shape index (κ2) is 13.2. The molecule has 0 heterocycles. The Bertz CT molecular complexity index is 621. The minimum Gasteiger partial charge on any atom is -0.504 e. The Balaban J connectivity index is 1.35. The third-order valence-corrected chi connectivity index (χ3v) is 5.35. The van der Waals surface area contributed by atoms with E-state index in [-0.39, 0.29) is 11.5 Å². The topological polar surface area (TPSA) is 40.5 Å². The summed E-state index contributed by atoms with van der Waals surface area (Å²) < 4.78 is 0. The molecule has 0 atom stereocenters. The predicted molar refractivity (Wildman–Crippen MR) is 114 cm³/mol. The molecule has 2 nitrogen and oxygen atoms in total. The van der Waals surface area contributed by atoms with E-state index >= 15 is 0 Å². The molecule has 0 unspecified atom stereocenters. The molecule has 0 aromatic heterocycles. The highest BCUT2D eigenvalue weighted by Gasteiger charge is 2.04. The molecule has 2 N–H and O–H groups in total. The van der Waals surface area contributed by atoms with Crippen molar-refractivity contribution in [3.05, 3.63) is 59.7 Å². The lowest BCUT2D eigenvalue weighted by atomic mass is 10.0. The van der Waals surface area contributed by atoms with Crippen LogP contribution in [0.25, 0.3) is 0 Å². The minimum absolute atomic E-state index is 0.00688. The Hall–Kier alpha value is -1.96. The molecule has 0 bridgehead atoms. The highest BCUT2D eigenvalue weighted by molar-refractivity contribution is 5.44. The highest BCUT2D eigenvalue weighted by atomic mass is 16.3. The van der Waals surface area contributed by atoms with Crippen molar-refractivity contribution in [1.82, 2.24) is 0 Å². The van der Waals surface area contributed by atoms with Crippen LogP contribution >= 0.6 is 0 Å². The van der Waals surface area contributed by atoms with Gasteiger partial charge in [-0.05, 0) is 42.9 Å². The van der Waals surface area contributed by atoms with Gasteiger partial charge in [0.1, 0.15) is 0 Å². The molecule has 0 saturated carbocycles. The van der Waals surface area contributed by atoms with Gasteiger partial charge in [0.25, 0.3) is 0 Å². The Labute approximate surface area is 165 Å². The van der Waals surface area contributed by atoms with Crippen molar-refractivity contribution in [2.24, 2.45) is 0 Å². The predicted octanol–water partition coefficient (Wildman–Crippen LogP) is 7.17. The Morgan fingerprint density at radius 1 is 0.481 bits per heavy atom. The van der Waals surface area contributed by atoms with Gasteiger partial charge in [0.05, 0.1) is 0 Å². The van der Waals surface area contributed by atoms with Gasteiger partial charge >= 0.3 is 0 Å². The minimum atomic E-state index is -0.00688. The molecule has 0 saturated heterocycles. The van der Waals surface area contributed by atoms with E-state index in [4.69, 9.17) is 0 Å². The number of rotatable bonds is 14. The van der Waals surface area contributed by atoms with E-state index < -0.39 is 0 Å². The number of hydrogen-bond donors (Lipinski definition) is 2. The SMILES string of the molecule is Oc1cccc(CCCCCCCCCCCCCc2ccccc2)c1O. The highest BCUT2D eigenvalue weighted by Crippen LogP contribution is 2.29. The number of unbranched alkanes of at least 4 members (excludes halogenated alkanes) is 10. The van der Waals surface area contributed by atoms with Crippen molar-refractivity contribution in [2.75, 3.05) is 0 Å². The molecule has 0 aliphatic carbocycles. The van der Waals surface area contributed by atoms with Gasteiger partial charge < -0.3 is 10.2 Å². The lowest BCUT2D eigenvalue weighted by Crippen LogP contribution is -1.88. The van der Waals surface area contributed by atoms with Crippen molar-refractivity contribution in [2.45, 2.75) is 83.5 Å². The van der Waals surface area contributed by atoms with Crippen molar-refractivity contribution in [1.29, 1.82) is 0 Å². The third kappa shape index (κ3) is 8.99. The number of aromatic hydroxyl groups is 2. The molecule has 2 rings (SSSR count). The van der Waals surface area contributed by atoms with Gasteiger partial charge in [0, 0.05) is 0 Å². The van der Waals surface area contributed by atoms with Gasteiger partial charge in [-0.3, -0.25) is 0 Å². The first-order chi connectivity index (χ1) is 13.3. The summed E-state index contributed by atoms with van der Waals surface area (Å²) in [6.45, 7) is 0. The van der Waals surface area contributed by atoms with Crippen LogP contribution in [0.2, 0.25) is 0 Å². The van der Waals surface area contributed by atoms with Gasteiger partial charge in [0.15, 0.2) is 11.5 Å². The first-order valence-corrected chi connectivity index (χ1v) is 10.8. The Morgan fingerprint density at radius 3 is 1.59 bits per heavy atom. The van der Waals surface area contributed by atoms with E-state index in [9.17, 15) is 10.2 Å². The normalized spacial score (nSPS) is 11.0. The largest absolute Gasteiger partial charge is 0.504 e. The van der Waals surface area contributed by atoms with Crippen molar-refractivity contribution in [3.63, 3.8) is 0 Å². The van der Waals surface area contributed by atoms with E-state index in [2.05, 4.69) is 30.3 Å². The van der Waals surface area contributed by atoms with E-state index in [1.165, 1.54) is 82.3 Å². The summed E-state index contributed by atoms with van der Waals surface area (Å²) in [5.41, 5.74) is 2.33. The zero-order chi connectivity index (χ0) is 19.2. The van der Waals surface area contributed by atoms with Crippen molar-refractivity contribution in [3.8, 4) is 11.5 Å². The molecule has 27 heavy (non-hydrogen) atoms. The lowest BCUT2D eigenvalue weighted by Gasteiger charge is -2.06. The second-order valence-corrected chi connectivity index (χ2v) is 7.66. The van der Waals surface area contributed by atoms with Gasteiger partial charge in [-0.1, -0.05) is 100 Å². The number of para-hydroxylation sites is 1. The first kappa shape index (κ1) is 21.3. The van der Waals surface area contributed by atoms with Crippen LogP contribution in [0.3, 0.4) is 0 Å². The van der Waals surface area contributed by atoms with E-state index in [0.717, 1.165) is 18.4 Å². The molecular weight excluding hydrogens is 332 g/mol. The molecular formula is C25H36O2. The fourth-order valence-corrected chi connectivity index (χ4v) is 3.66. The summed E-state index contributed by atoms with van der Waals surface area (Å²) in [4.78, 5) is 0. The average molecular weight is 369 g/mol. The summed E-state index contributed by atoms with van der Waals surface area (Å²) in [5, 5.41) is 19.3. The molecule has 0 aliphatic heterocycles. The maximum atomic E-state index is 9.78. The van der Waals surface area contributed by atoms with E-state index in [1.54, 1.807) is 6.07 Å². The molecule has 0 fully saturated rings. The average Bonchev–Trinajstić information content (AvgIpc) is 2.69. The molecule has 0 spiro atoms. The van der Waals surface area contributed by atoms with Crippen molar-refractivity contribution >= 4 is 0 Å². The van der Waals surface area contributed by atoms with Crippen LogP contribution in [0.5, 0.6) is 11.5 Å². The van der Waals surface area contributed by atoms with Crippen LogP contribution in [0.1, 0.15) is 81.8 Å². The summed E-state index contributed by atoms with van der Waals surface area (Å²) in [7, 11) is 0. The second-order valence-electron chi connectivity index (χ2n) is 7.66. The summed E-state index contributed by atoms with van der Waals surface area (Å²) in [6, 6.07) is 16.0. The van der Waals surface area contributed by atoms with Gasteiger partial charge in [-0.2, -0.15) is 0 Å². The first-order valence-electron chi connectivity index (χ1n) is 10.8. The number of benzene rings is 2. The van der Waals surface area contributed by atoms with Gasteiger partial charge in [-0.25, -0.2) is 0 Å². The van der Waals surface area contributed by atoms with Crippen molar-refractivity contribution < 1.29 is 10.2 Å². The Kier molecular flexibility index (Phi) is 10.5. The fourth-order valence-electron chi connectivity index (χ4n) is 3.66. The van der Waals surface area contributed by atoms with Crippen LogP contribution in [0, 0.1) is 0 Å². The quantitative estimate of drug-likeness (QED) is 0.274. The molecule has 0 radical (unpaired) electrons. The number of hydrogen-bond acceptors (Lipinski definition) is 2. The van der Waals surface area contributed by atoms with E-state index in [0.29, 0.717) is 0 Å². The van der Waals surface area contributed by atoms with E-state index in [1.807, 2.05) is 6.07 Å². The maximum Gasteiger partial charge on any atom is 0.160 e. The molecule has 0 aliphatic rings. The van der Waals surface area contributed by atoms with Crippen LogP contribution < -0.4 is 0 Å². The van der Waals surface area contributed by atoms with Crippen LogP contribution in [0.4, 0.5) is 0 Å².